The predicted molar refractivity (Wildman–Crippen MR) is 384 cm³/mol. The number of para-hydroxylation sites is 3. The molecule has 14 aromatic carbocycles. The van der Waals surface area contributed by atoms with Gasteiger partial charge in [-0.25, -0.2) is 0 Å². The summed E-state index contributed by atoms with van der Waals surface area (Å²) in [5, 5.41) is 0. The van der Waals surface area contributed by atoms with Gasteiger partial charge in [-0.3, -0.25) is 0 Å². The molecular weight excluding hydrogens is 1170 g/mol. The summed E-state index contributed by atoms with van der Waals surface area (Å²) in [4.78, 5) is 12.4. The summed E-state index contributed by atoms with van der Waals surface area (Å²) in [6, 6.07) is 117. The summed E-state index contributed by atoms with van der Waals surface area (Å²) >= 11 is 1.85. The Morgan fingerprint density at radius 1 is 0.247 bits per heavy atom. The molecule has 0 amide bonds. The SMILES string of the molecule is c1ccc(-c2ccc3c(c2)S2(c4cc(-c5ccccc5)ccc4N3c3cc4c5c(c3)Oc3ccccc3B5c3ccccc3O4)c3cc(-c4ccccc4)ccc3N(c3cc4c5c(c3)Sc3ccccc3B5c3ccccc3O4)c3ccc(-c4ccccc4)cc32)cc1. The molecule has 0 unspecified atom stereocenters. The van der Waals surface area contributed by atoms with Gasteiger partial charge in [0.1, 0.15) is 34.5 Å². The van der Waals surface area contributed by atoms with Gasteiger partial charge in [-0.05, 0) is 145 Å². The number of anilines is 6. The summed E-state index contributed by atoms with van der Waals surface area (Å²) in [5.41, 5.74) is 22.5. The molecule has 0 N–H and O–H groups in total. The molecule has 0 radical (unpaired) electrons. The van der Waals surface area contributed by atoms with Crippen LogP contribution in [0.25, 0.3) is 44.5 Å². The first-order valence-electron chi connectivity index (χ1n) is 31.7. The summed E-state index contributed by atoms with van der Waals surface area (Å²) in [5.74, 6) is 5.04. The molecule has 0 atom stereocenters. The Hall–Kier alpha value is -11.1. The Bertz CT molecular complexity index is 4790. The van der Waals surface area contributed by atoms with Crippen molar-refractivity contribution < 1.29 is 14.2 Å². The van der Waals surface area contributed by atoms with Crippen LogP contribution in [0.4, 0.5) is 34.1 Å². The quantitative estimate of drug-likeness (QED) is 0.154. The third-order valence-electron chi connectivity index (χ3n) is 19.6. The average Bonchev–Trinajstić information content (AvgIpc) is 0.673. The van der Waals surface area contributed by atoms with Crippen LogP contribution in [0.3, 0.4) is 0 Å². The van der Waals surface area contributed by atoms with E-state index in [1.54, 1.807) is 0 Å². The number of nitrogens with zero attached hydrogens (tertiary/aromatic N) is 2. The molecule has 6 aliphatic heterocycles. The summed E-state index contributed by atoms with van der Waals surface area (Å²) in [7, 11) is -2.64. The highest BCUT2D eigenvalue weighted by Gasteiger charge is 2.51. The molecule has 5 nitrogen and oxygen atoms in total. The molecule has 0 bridgehead atoms. The fourth-order valence-electron chi connectivity index (χ4n) is 15.6. The molecule has 0 saturated carbocycles. The Morgan fingerprint density at radius 3 is 0.946 bits per heavy atom. The van der Waals surface area contributed by atoms with E-state index in [9.17, 15) is 0 Å². The van der Waals surface area contributed by atoms with E-state index in [0.29, 0.717) is 0 Å². The summed E-state index contributed by atoms with van der Waals surface area (Å²) in [6.07, 6.45) is 0. The first-order chi connectivity index (χ1) is 46.1. The van der Waals surface area contributed by atoms with E-state index < -0.39 is 10.0 Å². The molecule has 20 rings (SSSR count). The molecule has 1 spiro atoms. The highest BCUT2D eigenvalue weighted by Crippen LogP contribution is 2.85. The van der Waals surface area contributed by atoms with E-state index >= 15 is 0 Å². The van der Waals surface area contributed by atoms with E-state index in [1.807, 2.05) is 11.8 Å². The molecule has 14 aromatic rings. The Kier molecular flexibility index (Phi) is 11.6. The number of benzene rings is 14. The van der Waals surface area contributed by atoms with E-state index in [1.165, 1.54) is 45.8 Å². The lowest BCUT2D eigenvalue weighted by molar-refractivity contribution is 0.465. The van der Waals surface area contributed by atoms with Crippen molar-refractivity contribution in [1.29, 1.82) is 0 Å². The zero-order valence-corrected chi connectivity index (χ0v) is 51.7. The van der Waals surface area contributed by atoms with Crippen molar-refractivity contribution in [1.82, 2.24) is 0 Å². The van der Waals surface area contributed by atoms with Crippen LogP contribution >= 0.6 is 21.8 Å². The van der Waals surface area contributed by atoms with Crippen molar-refractivity contribution >= 4 is 102 Å². The van der Waals surface area contributed by atoms with Crippen molar-refractivity contribution in [2.45, 2.75) is 29.4 Å². The van der Waals surface area contributed by atoms with Crippen LogP contribution in [0.1, 0.15) is 0 Å². The first kappa shape index (κ1) is 52.7. The zero-order valence-electron chi connectivity index (χ0n) is 50.1. The van der Waals surface area contributed by atoms with Crippen LogP contribution in [0, 0.1) is 0 Å². The Morgan fingerprint density at radius 2 is 0.559 bits per heavy atom. The van der Waals surface area contributed by atoms with Gasteiger partial charge in [0.25, 0.3) is 13.4 Å². The lowest BCUT2D eigenvalue weighted by Crippen LogP contribution is -2.57. The van der Waals surface area contributed by atoms with Crippen LogP contribution in [-0.4, -0.2) is 13.4 Å². The van der Waals surface area contributed by atoms with E-state index in [2.05, 4.69) is 325 Å². The van der Waals surface area contributed by atoms with Gasteiger partial charge in [0, 0.05) is 53.0 Å². The standard InChI is InChI=1S/C84H52B2N2O3S2/c1-5-21-53(22-6-1)57-37-41-67-79(45-57)93(80-46-58(54-23-7-2-8-24-54)38-42-68(80)87(67)61-49-74-83-75(50-61)90-72-34-18-14-30-64(72)85(83)63-29-13-17-33-71(63)89-74)81-47-59(55-25-9-3-10-26-55)39-43-69(81)88(70-44-40-60(48-82(70)93)56-27-11-4-12-28-56)62-51-76-84-78(52-62)92-77-36-20-16-32-66(77)86(84)65-31-15-19-35-73(65)91-76/h1-52H. The molecule has 9 heteroatoms. The fraction of sp³-hybridized carbons (Fsp3) is 0. The number of fused-ring (bicyclic) bond motifs is 16. The highest BCUT2D eigenvalue weighted by molar-refractivity contribution is 8.34. The number of ether oxygens (including phenoxy) is 3. The molecule has 6 aliphatic rings. The third kappa shape index (κ3) is 7.88. The summed E-state index contributed by atoms with van der Waals surface area (Å²) in [6.45, 7) is -0.0459. The molecular formula is C84H52B2N2O3S2. The maximum absolute atomic E-state index is 7.20. The van der Waals surface area contributed by atoms with Gasteiger partial charge in [-0.2, -0.15) is 0 Å². The molecule has 0 fully saturated rings. The average molecular weight is 1220 g/mol. The highest BCUT2D eigenvalue weighted by atomic mass is 32.3. The van der Waals surface area contributed by atoms with Gasteiger partial charge >= 0.3 is 0 Å². The van der Waals surface area contributed by atoms with E-state index in [-0.39, 0.29) is 13.4 Å². The number of hydrogen-bond acceptors (Lipinski definition) is 6. The lowest BCUT2D eigenvalue weighted by atomic mass is 9.35. The molecule has 0 saturated heterocycles. The fourth-order valence-corrected chi connectivity index (χ4v) is 21.3. The van der Waals surface area contributed by atoms with Crippen molar-refractivity contribution in [2.75, 3.05) is 9.80 Å². The molecule has 6 heterocycles. The van der Waals surface area contributed by atoms with Crippen LogP contribution < -0.4 is 56.8 Å². The van der Waals surface area contributed by atoms with Gasteiger partial charge in [0.05, 0.1) is 34.1 Å². The maximum Gasteiger partial charge on any atom is 0.260 e. The minimum atomic E-state index is -2.64. The van der Waals surface area contributed by atoms with Crippen molar-refractivity contribution in [3.05, 3.63) is 315 Å². The van der Waals surface area contributed by atoms with Crippen molar-refractivity contribution in [2.24, 2.45) is 0 Å². The maximum atomic E-state index is 7.20. The van der Waals surface area contributed by atoms with Gasteiger partial charge in [0.2, 0.25) is 0 Å². The Labute approximate surface area is 546 Å². The number of rotatable bonds is 6. The minimum Gasteiger partial charge on any atom is -0.458 e. The summed E-state index contributed by atoms with van der Waals surface area (Å²) < 4.78 is 21.5. The third-order valence-corrected chi connectivity index (χ3v) is 24.7. The molecule has 93 heavy (non-hydrogen) atoms. The van der Waals surface area contributed by atoms with Gasteiger partial charge < -0.3 is 24.0 Å². The molecule has 434 valence electrons. The van der Waals surface area contributed by atoms with Crippen LogP contribution in [0.5, 0.6) is 34.5 Å². The largest absolute Gasteiger partial charge is 0.458 e. The topological polar surface area (TPSA) is 34.2 Å². The second-order valence-corrected chi connectivity index (χ2v) is 28.7. The van der Waals surface area contributed by atoms with Crippen LogP contribution in [0.15, 0.2) is 345 Å². The van der Waals surface area contributed by atoms with E-state index in [0.717, 1.165) is 130 Å². The van der Waals surface area contributed by atoms with Crippen LogP contribution in [-0.2, 0) is 0 Å². The van der Waals surface area contributed by atoms with Crippen molar-refractivity contribution in [3.8, 4) is 79.0 Å². The van der Waals surface area contributed by atoms with Crippen molar-refractivity contribution in [3.63, 3.8) is 0 Å². The van der Waals surface area contributed by atoms with Gasteiger partial charge in [-0.1, -0.05) is 236 Å². The minimum absolute atomic E-state index is 0.0259. The van der Waals surface area contributed by atoms with Gasteiger partial charge in [0.15, 0.2) is 0 Å². The predicted octanol–water partition coefficient (Wildman–Crippen LogP) is 19.1. The monoisotopic (exact) mass is 1220 g/mol. The smallest absolute Gasteiger partial charge is 0.260 e. The molecule has 0 aliphatic carbocycles. The van der Waals surface area contributed by atoms with E-state index in [4.69, 9.17) is 14.2 Å². The Balaban J connectivity index is 0.911. The first-order valence-corrected chi connectivity index (χ1v) is 34.2. The second kappa shape index (κ2) is 20.5. The lowest BCUT2D eigenvalue weighted by Gasteiger charge is -2.55. The molecule has 0 aromatic heterocycles. The zero-order chi connectivity index (χ0) is 60.9. The normalized spacial score (nSPS) is 14.4. The number of hydrogen-bond donors (Lipinski definition) is 0. The van der Waals surface area contributed by atoms with Crippen LogP contribution in [0.2, 0.25) is 0 Å². The van der Waals surface area contributed by atoms with Gasteiger partial charge in [-0.15, -0.1) is 10.0 Å². The second-order valence-electron chi connectivity index (χ2n) is 24.6.